The molecular weight excluding hydrogens is 564 g/mol. The van der Waals surface area contributed by atoms with Crippen molar-refractivity contribution in [2.75, 3.05) is 13.1 Å². The van der Waals surface area contributed by atoms with Gasteiger partial charge in [0.15, 0.2) is 5.67 Å². The largest absolute Gasteiger partial charge is 0.400 e. The zero-order chi connectivity index (χ0) is 30.4. The Hall–Kier alpha value is -3.93. The number of amides is 3. The second-order valence-corrected chi connectivity index (χ2v) is 10.1. The molecule has 0 radical (unpaired) electrons. The van der Waals surface area contributed by atoms with Crippen LogP contribution in [0.15, 0.2) is 64.8 Å². The third-order valence-electron chi connectivity index (χ3n) is 6.67. The van der Waals surface area contributed by atoms with Gasteiger partial charge in [0.25, 0.3) is 5.91 Å². The molecule has 1 aliphatic rings. The van der Waals surface area contributed by atoms with Crippen LogP contribution in [0.2, 0.25) is 5.02 Å². The van der Waals surface area contributed by atoms with Crippen LogP contribution in [0.4, 0.5) is 28.0 Å². The monoisotopic (exact) mass is 594 g/mol. The summed E-state index contributed by atoms with van der Waals surface area (Å²) in [5.74, 6) is -1.56. The van der Waals surface area contributed by atoms with Crippen LogP contribution in [0.5, 0.6) is 0 Å². The summed E-state index contributed by atoms with van der Waals surface area (Å²) < 4.78 is 54.3. The molecule has 1 fully saturated rings. The van der Waals surface area contributed by atoms with E-state index in [9.17, 15) is 22.8 Å². The molecule has 2 aromatic rings. The molecule has 1 unspecified atom stereocenters. The minimum absolute atomic E-state index is 0.0298. The summed E-state index contributed by atoms with van der Waals surface area (Å²) >= 11 is 6.03. The van der Waals surface area contributed by atoms with E-state index in [-0.39, 0.29) is 36.4 Å². The molecule has 3 rings (SSSR count). The molecule has 8 nitrogen and oxygen atoms in total. The maximum atomic E-state index is 15.2. The first-order chi connectivity index (χ1) is 19.2. The molecule has 220 valence electrons. The first-order valence-electron chi connectivity index (χ1n) is 12.8. The molecule has 0 spiro atoms. The molecule has 1 aliphatic carbocycles. The lowest BCUT2D eigenvalue weighted by Crippen LogP contribution is -2.47. The van der Waals surface area contributed by atoms with Crippen molar-refractivity contribution >= 4 is 40.8 Å². The van der Waals surface area contributed by atoms with E-state index in [0.717, 1.165) is 12.0 Å². The van der Waals surface area contributed by atoms with E-state index in [4.69, 9.17) is 28.5 Å². The van der Waals surface area contributed by atoms with Crippen molar-refractivity contribution in [1.82, 2.24) is 10.2 Å². The minimum atomic E-state index is -4.56. The van der Waals surface area contributed by atoms with Gasteiger partial charge in [0, 0.05) is 35.0 Å². The topological polar surface area (TPSA) is 138 Å². The lowest BCUT2D eigenvalue weighted by Gasteiger charge is -2.30. The number of nitrogens with two attached hydrogens (primary N) is 2. The van der Waals surface area contributed by atoms with Crippen LogP contribution in [-0.2, 0) is 11.2 Å². The van der Waals surface area contributed by atoms with E-state index >= 15 is 4.39 Å². The second-order valence-electron chi connectivity index (χ2n) is 9.62. The molecule has 0 saturated heterocycles. The van der Waals surface area contributed by atoms with Crippen LogP contribution < -0.4 is 16.8 Å². The van der Waals surface area contributed by atoms with E-state index < -0.39 is 49.0 Å². The van der Waals surface area contributed by atoms with Crippen molar-refractivity contribution in [1.29, 1.82) is 5.41 Å². The zero-order valence-corrected chi connectivity index (χ0v) is 23.1. The van der Waals surface area contributed by atoms with Crippen LogP contribution in [-0.4, -0.2) is 53.3 Å². The fourth-order valence-electron chi connectivity index (χ4n) is 4.27. The fraction of sp³-hybridized carbons (Fsp3) is 0.357. The van der Waals surface area contributed by atoms with Crippen LogP contribution >= 0.6 is 11.6 Å². The number of aliphatic imine (C=N–C) groups is 1. The summed E-state index contributed by atoms with van der Waals surface area (Å²) in [6.45, 7) is 0.814. The van der Waals surface area contributed by atoms with E-state index in [0.29, 0.717) is 21.2 Å². The third kappa shape index (κ3) is 8.53. The Bertz CT molecular complexity index is 1360. The van der Waals surface area contributed by atoms with Gasteiger partial charge in [-0.1, -0.05) is 48.9 Å². The summed E-state index contributed by atoms with van der Waals surface area (Å²) in [5, 5.41) is 11.3. The predicted molar refractivity (Wildman–Crippen MR) is 150 cm³/mol. The van der Waals surface area contributed by atoms with Crippen molar-refractivity contribution in [2.24, 2.45) is 16.5 Å². The van der Waals surface area contributed by atoms with Gasteiger partial charge < -0.3 is 16.8 Å². The number of alkyl halides is 4. The van der Waals surface area contributed by atoms with Gasteiger partial charge in [0.2, 0.25) is 0 Å². The van der Waals surface area contributed by atoms with Gasteiger partial charge in [0.05, 0.1) is 18.7 Å². The summed E-state index contributed by atoms with van der Waals surface area (Å²) in [6, 6.07) is 12.0. The maximum absolute atomic E-state index is 15.2. The third-order valence-corrected chi connectivity index (χ3v) is 6.90. The van der Waals surface area contributed by atoms with Gasteiger partial charge in [0.1, 0.15) is 5.84 Å². The summed E-state index contributed by atoms with van der Waals surface area (Å²) in [6.07, 6.45) is -5.91. The molecule has 41 heavy (non-hydrogen) atoms. The molecule has 13 heteroatoms. The first-order valence-corrected chi connectivity index (χ1v) is 13.2. The number of carbonyl (C=O) groups excluding carboxylic acids is 2. The average Bonchev–Trinajstić information content (AvgIpc) is 2.91. The Labute approximate surface area is 239 Å². The lowest BCUT2D eigenvalue weighted by molar-refractivity contribution is -0.135. The Balaban J connectivity index is 1.86. The number of allylic oxidation sites excluding steroid dienone is 1. The van der Waals surface area contributed by atoms with Gasteiger partial charge in [-0.25, -0.2) is 9.18 Å². The summed E-state index contributed by atoms with van der Waals surface area (Å²) in [4.78, 5) is 30.0. The molecule has 0 aliphatic heterocycles. The van der Waals surface area contributed by atoms with E-state index in [2.05, 4.69) is 10.3 Å². The summed E-state index contributed by atoms with van der Waals surface area (Å²) in [5.41, 5.74) is 11.4. The Morgan fingerprint density at radius 1 is 1.17 bits per heavy atom. The number of benzene rings is 2. The quantitative estimate of drug-likeness (QED) is 0.181. The van der Waals surface area contributed by atoms with Crippen LogP contribution in [0, 0.1) is 5.41 Å². The van der Waals surface area contributed by atoms with Gasteiger partial charge in [-0.05, 0) is 48.6 Å². The molecule has 6 N–H and O–H groups in total. The highest BCUT2D eigenvalue weighted by molar-refractivity contribution is 6.30. The predicted octanol–water partition coefficient (Wildman–Crippen LogP) is 5.55. The Morgan fingerprint density at radius 2 is 1.85 bits per heavy atom. The van der Waals surface area contributed by atoms with Gasteiger partial charge in [-0.2, -0.15) is 13.2 Å². The molecule has 1 saturated carbocycles. The first kappa shape index (κ1) is 31.6. The van der Waals surface area contributed by atoms with Crippen molar-refractivity contribution < 1.29 is 27.2 Å². The number of nitrogens with one attached hydrogen (secondary N) is 2. The van der Waals surface area contributed by atoms with Crippen LogP contribution in [0.25, 0.3) is 0 Å². The van der Waals surface area contributed by atoms with E-state index in [1.807, 2.05) is 6.92 Å². The number of rotatable bonds is 8. The molecule has 2 aromatic carbocycles. The standard InChI is InChI=1S/C28H31ClF4N6O2/c1-2-17-6-8-18(9-7-17)24(35)39(13-12-28(31,32)33)26(41)37-16-22(34)21-10-11-27(30,25(36)40)15-23(21)38-20-5-3-4-19(29)14-20/h3-9,14,35H,2,10-13,15-16,34H2,1H3,(H2,36,40)(H,37,41)/b22-21-,35-24?,38-23?. The number of hydrogen-bond acceptors (Lipinski definition) is 5. The molecule has 0 bridgehead atoms. The molecular formula is C28H31ClF4N6O2. The number of aryl methyl sites for hydroxylation is 1. The number of carbonyl (C=O) groups is 2. The number of urea groups is 1. The Kier molecular flexibility index (Phi) is 10.1. The number of nitrogens with zero attached hydrogens (tertiary/aromatic N) is 2. The van der Waals surface area contributed by atoms with Crippen molar-refractivity contribution in [3.8, 4) is 0 Å². The molecule has 0 heterocycles. The highest BCUT2D eigenvalue weighted by atomic mass is 35.5. The smallest absolute Gasteiger partial charge is 0.390 e. The molecule has 3 amide bonds. The highest BCUT2D eigenvalue weighted by Crippen LogP contribution is 2.35. The maximum Gasteiger partial charge on any atom is 0.390 e. The number of primary amides is 1. The van der Waals surface area contributed by atoms with Crippen molar-refractivity contribution in [2.45, 2.75) is 50.9 Å². The normalized spacial score (nSPS) is 19.5. The van der Waals surface area contributed by atoms with Gasteiger partial charge in [-0.15, -0.1) is 0 Å². The minimum Gasteiger partial charge on any atom is -0.400 e. The summed E-state index contributed by atoms with van der Waals surface area (Å²) in [7, 11) is 0. The highest BCUT2D eigenvalue weighted by Gasteiger charge is 2.43. The number of halogens is 5. The van der Waals surface area contributed by atoms with Crippen LogP contribution in [0.3, 0.4) is 0 Å². The second kappa shape index (κ2) is 13.2. The van der Waals surface area contributed by atoms with Crippen molar-refractivity contribution in [3.63, 3.8) is 0 Å². The van der Waals surface area contributed by atoms with E-state index in [1.54, 1.807) is 42.5 Å². The van der Waals surface area contributed by atoms with E-state index in [1.165, 1.54) is 6.07 Å². The zero-order valence-electron chi connectivity index (χ0n) is 22.3. The van der Waals surface area contributed by atoms with Gasteiger partial charge >= 0.3 is 12.2 Å². The van der Waals surface area contributed by atoms with Gasteiger partial charge in [-0.3, -0.25) is 20.1 Å². The van der Waals surface area contributed by atoms with Crippen molar-refractivity contribution in [3.05, 3.63) is 76.0 Å². The lowest BCUT2D eigenvalue weighted by atomic mass is 9.80. The molecule has 1 atom stereocenters. The molecule has 0 aromatic heterocycles. The number of amidine groups is 1. The van der Waals surface area contributed by atoms with Crippen LogP contribution in [0.1, 0.15) is 43.7 Å². The number of hydrogen-bond donors (Lipinski definition) is 4. The SMILES string of the molecule is CCc1ccc(C(=N)N(CCC(F)(F)F)C(=O)NC/C(N)=C2\CCC(F)(C(N)=O)CC2=Nc2cccc(Cl)c2)cc1. The Morgan fingerprint density at radius 3 is 2.44 bits per heavy atom. The average molecular weight is 595 g/mol. The fourth-order valence-corrected chi connectivity index (χ4v) is 4.46.